The van der Waals surface area contributed by atoms with Crippen LogP contribution in [0.15, 0.2) is 24.8 Å². The molecule has 15 heavy (non-hydrogen) atoms. The molecule has 0 saturated carbocycles. The first-order valence-corrected chi connectivity index (χ1v) is 4.67. The van der Waals surface area contributed by atoms with Crippen molar-refractivity contribution in [3.05, 3.63) is 30.4 Å². The zero-order valence-corrected chi connectivity index (χ0v) is 8.54. The zero-order valence-electron chi connectivity index (χ0n) is 8.54. The third-order valence-corrected chi connectivity index (χ3v) is 1.89. The number of carbonyl (C=O) groups excluding carboxylic acids is 1. The molecule has 5 heteroatoms. The fourth-order valence-corrected chi connectivity index (χ4v) is 1.27. The zero-order chi connectivity index (χ0) is 10.8. The van der Waals surface area contributed by atoms with Crippen LogP contribution >= 0.6 is 0 Å². The third kappa shape index (κ3) is 1.81. The largest absolute Gasteiger partial charge is 0.459 e. The Morgan fingerprint density at radius 2 is 2.27 bits per heavy atom. The highest BCUT2D eigenvalue weighted by Crippen LogP contribution is 2.10. The van der Waals surface area contributed by atoms with Gasteiger partial charge in [0.05, 0.1) is 24.0 Å². The second kappa shape index (κ2) is 3.68. The molecule has 2 heterocycles. The highest BCUT2D eigenvalue weighted by Gasteiger charge is 2.14. The van der Waals surface area contributed by atoms with Crippen molar-refractivity contribution in [2.75, 3.05) is 0 Å². The first-order chi connectivity index (χ1) is 7.18. The molecule has 78 valence electrons. The van der Waals surface area contributed by atoms with Crippen LogP contribution in [0.2, 0.25) is 0 Å². The van der Waals surface area contributed by atoms with Gasteiger partial charge in [-0.1, -0.05) is 0 Å². The maximum absolute atomic E-state index is 11.6. The van der Waals surface area contributed by atoms with Gasteiger partial charge < -0.3 is 4.74 Å². The van der Waals surface area contributed by atoms with Crippen molar-refractivity contribution in [2.24, 2.45) is 0 Å². The summed E-state index contributed by atoms with van der Waals surface area (Å²) in [5.41, 5.74) is 1.10. The average Bonchev–Trinajstić information content (AvgIpc) is 2.59. The molecule has 0 bridgehead atoms. The summed E-state index contributed by atoms with van der Waals surface area (Å²) in [6, 6.07) is 0. The molecule has 0 saturated heterocycles. The molecule has 0 amide bonds. The van der Waals surface area contributed by atoms with Crippen LogP contribution < -0.4 is 0 Å². The lowest BCUT2D eigenvalue weighted by Gasteiger charge is -2.05. The Balaban J connectivity index is 2.40. The summed E-state index contributed by atoms with van der Waals surface area (Å²) in [6.45, 7) is 3.61. The molecular formula is C10H11N3O2. The van der Waals surface area contributed by atoms with E-state index in [2.05, 4.69) is 10.1 Å². The van der Waals surface area contributed by atoms with Crippen LogP contribution in [0.5, 0.6) is 0 Å². The molecule has 0 atom stereocenters. The Hall–Kier alpha value is -1.91. The first-order valence-electron chi connectivity index (χ1n) is 4.67. The standard InChI is InChI=1S/C10H11N3O2/c1-7(2)15-10(14)8-5-12-13-4-3-11-6-9(8)13/h3-7H,1-2H3. The summed E-state index contributed by atoms with van der Waals surface area (Å²) in [4.78, 5) is 15.6. The topological polar surface area (TPSA) is 56.5 Å². The number of aromatic nitrogens is 3. The van der Waals surface area contributed by atoms with Crippen molar-refractivity contribution >= 4 is 11.5 Å². The van der Waals surface area contributed by atoms with Crippen molar-refractivity contribution in [2.45, 2.75) is 20.0 Å². The number of hydrogen-bond donors (Lipinski definition) is 0. The predicted molar refractivity (Wildman–Crippen MR) is 53.5 cm³/mol. The highest BCUT2D eigenvalue weighted by atomic mass is 16.5. The summed E-state index contributed by atoms with van der Waals surface area (Å²) in [6.07, 6.45) is 6.23. The van der Waals surface area contributed by atoms with Gasteiger partial charge >= 0.3 is 5.97 Å². The third-order valence-electron chi connectivity index (χ3n) is 1.89. The molecule has 0 aliphatic carbocycles. The van der Waals surface area contributed by atoms with E-state index in [9.17, 15) is 4.79 Å². The molecule has 0 aromatic carbocycles. The lowest BCUT2D eigenvalue weighted by atomic mass is 10.3. The Labute approximate surface area is 86.7 Å². The van der Waals surface area contributed by atoms with Crippen LogP contribution in [0.4, 0.5) is 0 Å². The van der Waals surface area contributed by atoms with Gasteiger partial charge in [-0.3, -0.25) is 4.98 Å². The first kappa shape index (κ1) is 9.64. The second-order valence-corrected chi connectivity index (χ2v) is 3.42. The van der Waals surface area contributed by atoms with Crippen molar-refractivity contribution in [1.29, 1.82) is 0 Å². The molecule has 0 aliphatic heterocycles. The highest BCUT2D eigenvalue weighted by molar-refractivity contribution is 5.96. The lowest BCUT2D eigenvalue weighted by Crippen LogP contribution is -2.11. The number of nitrogens with zero attached hydrogens (tertiary/aromatic N) is 3. The molecule has 2 aromatic rings. The van der Waals surface area contributed by atoms with Gasteiger partial charge in [-0.2, -0.15) is 5.10 Å². The summed E-state index contributed by atoms with van der Waals surface area (Å²) in [7, 11) is 0. The minimum atomic E-state index is -0.368. The SMILES string of the molecule is CC(C)OC(=O)c1cnn2ccncc12. The molecule has 2 aromatic heterocycles. The van der Waals surface area contributed by atoms with Crippen LogP contribution in [0, 0.1) is 0 Å². The van der Waals surface area contributed by atoms with Crippen molar-refractivity contribution < 1.29 is 9.53 Å². The fourth-order valence-electron chi connectivity index (χ4n) is 1.27. The number of rotatable bonds is 2. The normalized spacial score (nSPS) is 10.9. The molecule has 5 nitrogen and oxygen atoms in total. The summed E-state index contributed by atoms with van der Waals surface area (Å²) in [5.74, 6) is -0.368. The van der Waals surface area contributed by atoms with E-state index in [0.29, 0.717) is 11.1 Å². The van der Waals surface area contributed by atoms with E-state index in [1.165, 1.54) is 6.20 Å². The average molecular weight is 205 g/mol. The van der Waals surface area contributed by atoms with Crippen LogP contribution in [0.1, 0.15) is 24.2 Å². The van der Waals surface area contributed by atoms with Gasteiger partial charge in [-0.25, -0.2) is 9.31 Å². The summed E-state index contributed by atoms with van der Waals surface area (Å²) >= 11 is 0. The Kier molecular flexibility index (Phi) is 2.37. The molecule has 0 unspecified atom stereocenters. The van der Waals surface area contributed by atoms with Crippen LogP contribution in [-0.4, -0.2) is 26.7 Å². The van der Waals surface area contributed by atoms with Crippen LogP contribution in [0.25, 0.3) is 5.52 Å². The van der Waals surface area contributed by atoms with Crippen molar-refractivity contribution in [3.63, 3.8) is 0 Å². The number of ether oxygens (including phenoxy) is 1. The van der Waals surface area contributed by atoms with Gasteiger partial charge in [-0.05, 0) is 13.8 Å². The van der Waals surface area contributed by atoms with E-state index in [0.717, 1.165) is 0 Å². The van der Waals surface area contributed by atoms with Gasteiger partial charge in [0, 0.05) is 12.4 Å². The Bertz CT molecular complexity index is 490. The molecule has 0 fully saturated rings. The smallest absolute Gasteiger partial charge is 0.342 e. The molecular weight excluding hydrogens is 194 g/mol. The van der Waals surface area contributed by atoms with Gasteiger partial charge in [-0.15, -0.1) is 0 Å². The van der Waals surface area contributed by atoms with Crippen LogP contribution in [0.3, 0.4) is 0 Å². The minimum Gasteiger partial charge on any atom is -0.459 e. The molecule has 0 radical (unpaired) electrons. The lowest BCUT2D eigenvalue weighted by molar-refractivity contribution is 0.0380. The number of hydrogen-bond acceptors (Lipinski definition) is 4. The Morgan fingerprint density at radius 1 is 1.47 bits per heavy atom. The van der Waals surface area contributed by atoms with Crippen molar-refractivity contribution in [1.82, 2.24) is 14.6 Å². The van der Waals surface area contributed by atoms with Crippen molar-refractivity contribution in [3.8, 4) is 0 Å². The minimum absolute atomic E-state index is 0.135. The van der Waals surface area contributed by atoms with E-state index in [1.54, 1.807) is 23.1 Å². The predicted octanol–water partition coefficient (Wildman–Crippen LogP) is 1.29. The quantitative estimate of drug-likeness (QED) is 0.693. The van der Waals surface area contributed by atoms with Gasteiger partial charge in [0.2, 0.25) is 0 Å². The maximum atomic E-state index is 11.6. The molecule has 2 rings (SSSR count). The van der Waals surface area contributed by atoms with E-state index in [-0.39, 0.29) is 12.1 Å². The van der Waals surface area contributed by atoms with Crippen LogP contribution in [-0.2, 0) is 4.74 Å². The Morgan fingerprint density at radius 3 is 3.00 bits per heavy atom. The summed E-state index contributed by atoms with van der Waals surface area (Å²) in [5, 5.41) is 4.02. The van der Waals surface area contributed by atoms with E-state index in [4.69, 9.17) is 4.74 Å². The van der Waals surface area contributed by atoms with Gasteiger partial charge in [0.15, 0.2) is 0 Å². The van der Waals surface area contributed by atoms with E-state index in [1.807, 2.05) is 13.8 Å². The maximum Gasteiger partial charge on any atom is 0.342 e. The summed E-state index contributed by atoms with van der Waals surface area (Å²) < 4.78 is 6.67. The second-order valence-electron chi connectivity index (χ2n) is 3.42. The molecule has 0 aliphatic rings. The van der Waals surface area contributed by atoms with Gasteiger partial charge in [0.25, 0.3) is 0 Å². The number of carbonyl (C=O) groups is 1. The number of fused-ring (bicyclic) bond motifs is 1. The molecule has 0 N–H and O–H groups in total. The van der Waals surface area contributed by atoms with E-state index < -0.39 is 0 Å². The van der Waals surface area contributed by atoms with Gasteiger partial charge in [0.1, 0.15) is 5.56 Å². The fraction of sp³-hybridized carbons (Fsp3) is 0.300. The molecule has 0 spiro atoms. The monoisotopic (exact) mass is 205 g/mol. The number of esters is 1. The van der Waals surface area contributed by atoms with E-state index >= 15 is 0 Å².